The minimum absolute atomic E-state index is 0.0570. The van der Waals surface area contributed by atoms with Gasteiger partial charge in [-0.15, -0.1) is 0 Å². The molecule has 1 saturated heterocycles. The van der Waals surface area contributed by atoms with Crippen molar-refractivity contribution < 1.29 is 18.1 Å². The van der Waals surface area contributed by atoms with Crippen LogP contribution >= 0.6 is 0 Å². The Morgan fingerprint density at radius 2 is 1.90 bits per heavy atom. The number of carbonyl (C=O) groups excluding carboxylic acids is 1. The van der Waals surface area contributed by atoms with Gasteiger partial charge in [-0.3, -0.25) is 14.9 Å². The van der Waals surface area contributed by atoms with Gasteiger partial charge in [-0.05, 0) is 43.7 Å². The number of amides is 1. The minimum atomic E-state index is -4.04. The van der Waals surface area contributed by atoms with E-state index in [9.17, 15) is 23.3 Å². The lowest BCUT2D eigenvalue weighted by molar-refractivity contribution is -0.384. The molecule has 2 fully saturated rings. The fourth-order valence-electron chi connectivity index (χ4n) is 4.07. The molecular formula is C19H28N4O5S. The highest BCUT2D eigenvalue weighted by atomic mass is 32.2. The van der Waals surface area contributed by atoms with Gasteiger partial charge in [-0.1, -0.05) is 19.8 Å². The number of hydrogen-bond acceptors (Lipinski definition) is 6. The first kappa shape index (κ1) is 21.5. The molecule has 0 unspecified atom stereocenters. The number of rotatable bonds is 7. The fourth-order valence-corrected chi connectivity index (χ4v) is 5.08. The van der Waals surface area contributed by atoms with Gasteiger partial charge in [0.15, 0.2) is 0 Å². The zero-order chi connectivity index (χ0) is 21.0. The first-order chi connectivity index (χ1) is 13.8. The Hall–Kier alpha value is -2.20. The average Bonchev–Trinajstić information content (AvgIpc) is 3.22. The molecule has 0 radical (unpaired) electrons. The second kappa shape index (κ2) is 9.08. The van der Waals surface area contributed by atoms with E-state index in [4.69, 9.17) is 0 Å². The summed E-state index contributed by atoms with van der Waals surface area (Å²) in [5, 5.41) is 14.4. The van der Waals surface area contributed by atoms with E-state index < -0.39 is 27.4 Å². The van der Waals surface area contributed by atoms with Crippen molar-refractivity contribution in [2.75, 3.05) is 24.5 Å². The highest BCUT2D eigenvalue weighted by Crippen LogP contribution is 2.32. The summed E-state index contributed by atoms with van der Waals surface area (Å²) in [7, 11) is -4.04. The summed E-state index contributed by atoms with van der Waals surface area (Å²) in [6.45, 7) is 3.11. The quantitative estimate of drug-likeness (QED) is 0.511. The highest BCUT2D eigenvalue weighted by Gasteiger charge is 2.27. The van der Waals surface area contributed by atoms with Gasteiger partial charge >= 0.3 is 0 Å². The Bertz CT molecular complexity index is 867. The summed E-state index contributed by atoms with van der Waals surface area (Å²) in [4.78, 5) is 24.8. The van der Waals surface area contributed by atoms with E-state index in [2.05, 4.69) is 17.0 Å². The standard InChI is InChI=1S/C19H28N4O5S/c1-14-6-2-3-7-16(14)21-19(24)13-20-29(27,28)15-8-9-17(18(12-15)23(25)26)22-10-4-5-11-22/h8-9,12,14,16,20H,2-7,10-11,13H2,1H3,(H,21,24)/t14-,16-/m0/s1. The van der Waals surface area contributed by atoms with Crippen molar-refractivity contribution in [1.82, 2.24) is 10.0 Å². The molecule has 9 nitrogen and oxygen atoms in total. The average molecular weight is 425 g/mol. The first-order valence-electron chi connectivity index (χ1n) is 10.1. The molecule has 1 aromatic rings. The molecule has 1 aliphatic carbocycles. The van der Waals surface area contributed by atoms with E-state index >= 15 is 0 Å². The van der Waals surface area contributed by atoms with Gasteiger partial charge in [0, 0.05) is 25.2 Å². The van der Waals surface area contributed by atoms with Crippen LogP contribution in [0, 0.1) is 16.0 Å². The number of nitro benzene ring substituents is 1. The number of nitrogens with one attached hydrogen (secondary N) is 2. The molecule has 2 N–H and O–H groups in total. The van der Waals surface area contributed by atoms with E-state index in [1.807, 2.05) is 4.90 Å². The maximum Gasteiger partial charge on any atom is 0.293 e. The Morgan fingerprint density at radius 1 is 1.21 bits per heavy atom. The molecule has 3 rings (SSSR count). The number of carbonyl (C=O) groups is 1. The highest BCUT2D eigenvalue weighted by molar-refractivity contribution is 7.89. The largest absolute Gasteiger partial charge is 0.366 e. The first-order valence-corrected chi connectivity index (χ1v) is 11.6. The predicted octanol–water partition coefficient (Wildman–Crippen LogP) is 2.17. The number of anilines is 1. The minimum Gasteiger partial charge on any atom is -0.366 e. The van der Waals surface area contributed by atoms with Gasteiger partial charge in [0.1, 0.15) is 5.69 Å². The van der Waals surface area contributed by atoms with Crippen molar-refractivity contribution in [2.24, 2.45) is 5.92 Å². The summed E-state index contributed by atoms with van der Waals surface area (Å²) >= 11 is 0. The third-order valence-corrected chi connectivity index (χ3v) is 7.18. The molecule has 0 spiro atoms. The lowest BCUT2D eigenvalue weighted by Crippen LogP contribution is -2.45. The van der Waals surface area contributed by atoms with Crippen molar-refractivity contribution >= 4 is 27.3 Å². The molecule has 1 aliphatic heterocycles. The smallest absolute Gasteiger partial charge is 0.293 e. The SMILES string of the molecule is C[C@H]1CCCC[C@@H]1NC(=O)CNS(=O)(=O)c1ccc(N2CCCC2)c([N+](=O)[O-])c1. The molecule has 1 aromatic carbocycles. The summed E-state index contributed by atoms with van der Waals surface area (Å²) in [5.41, 5.74) is 0.186. The van der Waals surface area contributed by atoms with Gasteiger partial charge in [0.25, 0.3) is 5.69 Å². The van der Waals surface area contributed by atoms with Gasteiger partial charge in [-0.2, -0.15) is 0 Å². The molecule has 0 bridgehead atoms. The molecule has 1 saturated carbocycles. The van der Waals surface area contributed by atoms with E-state index in [-0.39, 0.29) is 16.6 Å². The van der Waals surface area contributed by atoms with Crippen LogP contribution in [0.5, 0.6) is 0 Å². The Morgan fingerprint density at radius 3 is 2.55 bits per heavy atom. The van der Waals surface area contributed by atoms with E-state index in [1.165, 1.54) is 12.1 Å². The lowest BCUT2D eigenvalue weighted by atomic mass is 9.86. The third-order valence-electron chi connectivity index (χ3n) is 5.78. The van der Waals surface area contributed by atoms with E-state index in [1.54, 1.807) is 0 Å². The number of benzene rings is 1. The van der Waals surface area contributed by atoms with Crippen LogP contribution in [-0.4, -0.2) is 44.9 Å². The number of sulfonamides is 1. The van der Waals surface area contributed by atoms with Crippen molar-refractivity contribution in [3.8, 4) is 0 Å². The van der Waals surface area contributed by atoms with Crippen LogP contribution in [-0.2, 0) is 14.8 Å². The van der Waals surface area contributed by atoms with Crippen molar-refractivity contribution in [3.05, 3.63) is 28.3 Å². The van der Waals surface area contributed by atoms with Crippen LogP contribution in [0.3, 0.4) is 0 Å². The number of nitrogens with zero attached hydrogens (tertiary/aromatic N) is 2. The lowest BCUT2D eigenvalue weighted by Gasteiger charge is -2.29. The second-order valence-corrected chi connectivity index (χ2v) is 9.63. The normalized spacial score (nSPS) is 22.4. The third kappa shape index (κ3) is 5.24. The molecule has 2 atom stereocenters. The molecule has 2 aliphatic rings. The second-order valence-electron chi connectivity index (χ2n) is 7.86. The Kier molecular flexibility index (Phi) is 6.74. The van der Waals surface area contributed by atoms with Crippen LogP contribution in [0.15, 0.2) is 23.1 Å². The summed E-state index contributed by atoms with van der Waals surface area (Å²) in [6, 6.07) is 3.95. The van der Waals surface area contributed by atoms with Crippen molar-refractivity contribution in [2.45, 2.75) is 56.4 Å². The molecule has 10 heteroatoms. The van der Waals surface area contributed by atoms with Gasteiger partial charge in [0.2, 0.25) is 15.9 Å². The Labute approximate surface area is 171 Å². The maximum atomic E-state index is 12.6. The molecular weight excluding hydrogens is 396 g/mol. The summed E-state index contributed by atoms with van der Waals surface area (Å²) in [6.07, 6.45) is 6.04. The van der Waals surface area contributed by atoms with Crippen LogP contribution < -0.4 is 14.9 Å². The number of nitro groups is 1. The monoisotopic (exact) mass is 424 g/mol. The predicted molar refractivity (Wildman–Crippen MR) is 109 cm³/mol. The van der Waals surface area contributed by atoms with Gasteiger partial charge in [0.05, 0.1) is 16.4 Å². The number of hydrogen-bond donors (Lipinski definition) is 2. The zero-order valence-electron chi connectivity index (χ0n) is 16.6. The zero-order valence-corrected chi connectivity index (χ0v) is 17.4. The summed E-state index contributed by atoms with van der Waals surface area (Å²) < 4.78 is 27.4. The topological polar surface area (TPSA) is 122 Å². The summed E-state index contributed by atoms with van der Waals surface area (Å²) in [5.74, 6) is -0.0272. The fraction of sp³-hybridized carbons (Fsp3) is 0.632. The molecule has 1 heterocycles. The Balaban J connectivity index is 1.67. The van der Waals surface area contributed by atoms with Crippen molar-refractivity contribution in [1.29, 1.82) is 0 Å². The van der Waals surface area contributed by atoms with Crippen molar-refractivity contribution in [3.63, 3.8) is 0 Å². The van der Waals surface area contributed by atoms with E-state index in [0.29, 0.717) is 24.7 Å². The molecule has 160 valence electrons. The van der Waals surface area contributed by atoms with Crippen LogP contribution in [0.2, 0.25) is 0 Å². The van der Waals surface area contributed by atoms with E-state index in [0.717, 1.165) is 44.6 Å². The molecule has 0 aromatic heterocycles. The van der Waals surface area contributed by atoms with Gasteiger partial charge in [-0.25, -0.2) is 13.1 Å². The molecule has 29 heavy (non-hydrogen) atoms. The van der Waals surface area contributed by atoms with Crippen LogP contribution in [0.1, 0.15) is 45.4 Å². The van der Waals surface area contributed by atoms with Gasteiger partial charge < -0.3 is 10.2 Å². The van der Waals surface area contributed by atoms with Crippen LogP contribution in [0.4, 0.5) is 11.4 Å². The maximum absolute atomic E-state index is 12.6. The molecule has 1 amide bonds. The van der Waals surface area contributed by atoms with Crippen LogP contribution in [0.25, 0.3) is 0 Å².